The first-order valence-corrected chi connectivity index (χ1v) is 9.51. The number of nitrogens with zero attached hydrogens (tertiary/aromatic N) is 2. The van der Waals surface area contributed by atoms with Gasteiger partial charge in [-0.25, -0.2) is 9.80 Å². The van der Waals surface area contributed by atoms with Crippen LogP contribution in [0.4, 0.5) is 0 Å². The lowest BCUT2D eigenvalue weighted by Gasteiger charge is -2.39. The van der Waals surface area contributed by atoms with E-state index in [4.69, 9.17) is 9.47 Å². The zero-order valence-corrected chi connectivity index (χ0v) is 15.5. The molecule has 0 aliphatic carbocycles. The Balaban J connectivity index is 1.54. The smallest absolute Gasteiger partial charge is 0.337 e. The summed E-state index contributed by atoms with van der Waals surface area (Å²) < 4.78 is 10.4. The van der Waals surface area contributed by atoms with Crippen LogP contribution < -0.4 is 0 Å². The molecule has 3 rings (SSSR count). The second-order valence-electron chi connectivity index (χ2n) is 6.94. The van der Waals surface area contributed by atoms with Crippen molar-refractivity contribution in [3.05, 3.63) is 35.4 Å². The zero-order chi connectivity index (χ0) is 18.4. The molecule has 26 heavy (non-hydrogen) atoms. The fourth-order valence-electron chi connectivity index (χ4n) is 3.64. The predicted molar refractivity (Wildman–Crippen MR) is 97.6 cm³/mol. The van der Waals surface area contributed by atoms with Gasteiger partial charge in [0, 0.05) is 32.7 Å². The monoisotopic (exact) mass is 360 g/mol. The normalized spacial score (nSPS) is 21.2. The van der Waals surface area contributed by atoms with Gasteiger partial charge < -0.3 is 9.47 Å². The molecule has 2 fully saturated rings. The number of hydrazine groups is 1. The van der Waals surface area contributed by atoms with Crippen molar-refractivity contribution in [2.24, 2.45) is 0 Å². The lowest BCUT2D eigenvalue weighted by molar-refractivity contribution is -0.156. The van der Waals surface area contributed by atoms with Crippen LogP contribution in [0.5, 0.6) is 0 Å². The number of methoxy groups -OCH3 is 1. The van der Waals surface area contributed by atoms with E-state index in [-0.39, 0.29) is 11.9 Å². The first-order chi connectivity index (χ1) is 12.7. The molecule has 1 aromatic rings. The molecule has 1 aromatic carbocycles. The minimum absolute atomic E-state index is 0.203. The molecule has 2 saturated heterocycles. The molecule has 0 radical (unpaired) electrons. The Labute approximate surface area is 155 Å². The summed E-state index contributed by atoms with van der Waals surface area (Å²) >= 11 is 0. The number of benzene rings is 1. The Morgan fingerprint density at radius 1 is 1.23 bits per heavy atom. The first kappa shape index (κ1) is 18.9. The van der Waals surface area contributed by atoms with Crippen molar-refractivity contribution in [2.45, 2.75) is 44.6 Å². The third-order valence-corrected chi connectivity index (χ3v) is 5.16. The average Bonchev–Trinajstić information content (AvgIpc) is 3.19. The highest BCUT2D eigenvalue weighted by Gasteiger charge is 2.27. The van der Waals surface area contributed by atoms with Crippen molar-refractivity contribution in [3.63, 3.8) is 0 Å². The van der Waals surface area contributed by atoms with Crippen LogP contribution in [-0.4, -0.2) is 61.3 Å². The maximum Gasteiger partial charge on any atom is 0.337 e. The maximum absolute atomic E-state index is 12.4. The predicted octanol–water partition coefficient (Wildman–Crippen LogP) is 2.42. The number of ether oxygens (including phenoxy) is 2. The quantitative estimate of drug-likeness (QED) is 0.699. The summed E-state index contributed by atoms with van der Waals surface area (Å²) in [4.78, 5) is 23.9. The molecule has 2 aliphatic heterocycles. The molecule has 1 amide bonds. The molecular weight excluding hydrogens is 332 g/mol. The van der Waals surface area contributed by atoms with Crippen LogP contribution in [0, 0.1) is 0 Å². The van der Waals surface area contributed by atoms with Crippen LogP contribution in [0.3, 0.4) is 0 Å². The van der Waals surface area contributed by atoms with Gasteiger partial charge in [-0.1, -0.05) is 12.1 Å². The molecule has 0 spiro atoms. The molecule has 0 aromatic heterocycles. The molecule has 0 saturated carbocycles. The summed E-state index contributed by atoms with van der Waals surface area (Å²) in [5.41, 5.74) is 1.65. The molecule has 2 aliphatic rings. The third-order valence-electron chi connectivity index (χ3n) is 5.16. The third kappa shape index (κ3) is 4.83. The van der Waals surface area contributed by atoms with Gasteiger partial charge in [0.1, 0.15) is 0 Å². The van der Waals surface area contributed by atoms with Crippen molar-refractivity contribution in [2.75, 3.05) is 33.4 Å². The summed E-state index contributed by atoms with van der Waals surface area (Å²) in [6.45, 7) is 3.34. The summed E-state index contributed by atoms with van der Waals surface area (Å²) in [5.74, 6) is -0.127. The largest absolute Gasteiger partial charge is 0.465 e. The Morgan fingerprint density at radius 3 is 2.73 bits per heavy atom. The van der Waals surface area contributed by atoms with Crippen molar-refractivity contribution < 1.29 is 19.1 Å². The van der Waals surface area contributed by atoms with Gasteiger partial charge in [0.05, 0.1) is 18.8 Å². The Morgan fingerprint density at radius 2 is 2.04 bits per heavy atom. The number of carbonyl (C=O) groups is 2. The van der Waals surface area contributed by atoms with Gasteiger partial charge in [-0.3, -0.25) is 9.80 Å². The number of carbonyl (C=O) groups excluding carboxylic acids is 2. The number of hydrogen-bond donors (Lipinski definition) is 0. The number of rotatable bonds is 7. The minimum atomic E-state index is -0.330. The van der Waals surface area contributed by atoms with E-state index in [2.05, 4.69) is 5.01 Å². The van der Waals surface area contributed by atoms with Crippen LogP contribution >= 0.6 is 0 Å². The van der Waals surface area contributed by atoms with Gasteiger partial charge in [-0.15, -0.1) is 0 Å². The number of hydrogen-bond acceptors (Lipinski definition) is 5. The Bertz CT molecular complexity index is 611. The van der Waals surface area contributed by atoms with Gasteiger partial charge in [0.25, 0.3) is 0 Å². The van der Waals surface area contributed by atoms with Gasteiger partial charge in [0.2, 0.25) is 5.91 Å². The van der Waals surface area contributed by atoms with E-state index >= 15 is 0 Å². The van der Waals surface area contributed by atoms with Crippen LogP contribution in [0.1, 0.15) is 48.0 Å². The maximum atomic E-state index is 12.4. The van der Waals surface area contributed by atoms with E-state index in [1.807, 2.05) is 17.1 Å². The molecule has 6 heteroatoms. The fraction of sp³-hybridized carbons (Fsp3) is 0.600. The summed E-state index contributed by atoms with van der Waals surface area (Å²) in [5, 5.41) is 4.10. The zero-order valence-electron chi connectivity index (χ0n) is 15.5. The van der Waals surface area contributed by atoms with E-state index in [1.54, 1.807) is 12.1 Å². The van der Waals surface area contributed by atoms with Gasteiger partial charge in [-0.05, 0) is 49.8 Å². The lowest BCUT2D eigenvalue weighted by Crippen LogP contribution is -2.51. The van der Waals surface area contributed by atoms with Gasteiger partial charge in [-0.2, -0.15) is 0 Å². The summed E-state index contributed by atoms with van der Waals surface area (Å²) in [6.07, 6.45) is 5.93. The van der Waals surface area contributed by atoms with Crippen molar-refractivity contribution in [1.29, 1.82) is 0 Å². The molecule has 2 heterocycles. The number of amides is 1. The highest BCUT2D eigenvalue weighted by Crippen LogP contribution is 2.19. The first-order valence-electron chi connectivity index (χ1n) is 9.51. The SMILES string of the molecule is COC(=O)c1ccc(CCN2C(=O)CCCN2CCC2CCCO2)cc1. The molecule has 1 unspecified atom stereocenters. The van der Waals surface area contributed by atoms with Crippen molar-refractivity contribution in [3.8, 4) is 0 Å². The standard InChI is InChI=1S/C20H28N2O4/c1-25-20(24)17-8-6-16(7-9-17)10-14-22-19(23)5-2-12-21(22)13-11-18-4-3-15-26-18/h6-9,18H,2-5,10-15H2,1H3. The van der Waals surface area contributed by atoms with Crippen LogP contribution in [0.2, 0.25) is 0 Å². The Kier molecular flexibility index (Phi) is 6.63. The van der Waals surface area contributed by atoms with Gasteiger partial charge >= 0.3 is 5.97 Å². The Hall–Kier alpha value is -1.92. The van der Waals surface area contributed by atoms with E-state index in [0.29, 0.717) is 24.6 Å². The average molecular weight is 360 g/mol. The molecule has 0 N–H and O–H groups in total. The topological polar surface area (TPSA) is 59.1 Å². The summed E-state index contributed by atoms with van der Waals surface area (Å²) in [7, 11) is 1.38. The minimum Gasteiger partial charge on any atom is -0.465 e. The van der Waals surface area contributed by atoms with Crippen molar-refractivity contribution >= 4 is 11.9 Å². The van der Waals surface area contributed by atoms with Crippen LogP contribution in [0.15, 0.2) is 24.3 Å². The lowest BCUT2D eigenvalue weighted by atomic mass is 10.1. The van der Waals surface area contributed by atoms with E-state index in [9.17, 15) is 9.59 Å². The molecule has 0 bridgehead atoms. The van der Waals surface area contributed by atoms with E-state index in [0.717, 1.165) is 57.4 Å². The molecule has 1 atom stereocenters. The second kappa shape index (κ2) is 9.14. The molecular formula is C20H28N2O4. The van der Waals surface area contributed by atoms with E-state index in [1.165, 1.54) is 7.11 Å². The molecule has 142 valence electrons. The van der Waals surface area contributed by atoms with E-state index < -0.39 is 0 Å². The molecule has 6 nitrogen and oxygen atoms in total. The van der Waals surface area contributed by atoms with Crippen LogP contribution in [0.25, 0.3) is 0 Å². The fourth-order valence-corrected chi connectivity index (χ4v) is 3.64. The second-order valence-corrected chi connectivity index (χ2v) is 6.94. The van der Waals surface area contributed by atoms with Gasteiger partial charge in [0.15, 0.2) is 0 Å². The van der Waals surface area contributed by atoms with Crippen molar-refractivity contribution in [1.82, 2.24) is 10.0 Å². The number of esters is 1. The summed E-state index contributed by atoms with van der Waals surface area (Å²) in [6, 6.07) is 7.40. The van der Waals surface area contributed by atoms with Crippen LogP contribution in [-0.2, 0) is 20.7 Å². The highest BCUT2D eigenvalue weighted by atomic mass is 16.5. The highest BCUT2D eigenvalue weighted by molar-refractivity contribution is 5.89.